The molecule has 76 valence electrons. The van der Waals surface area contributed by atoms with Crippen LogP contribution in [0.3, 0.4) is 0 Å². The van der Waals surface area contributed by atoms with E-state index >= 15 is 0 Å². The first-order valence-corrected chi connectivity index (χ1v) is 5.44. The smallest absolute Gasteiger partial charge is 0.0558 e. The minimum atomic E-state index is 0.312. The Morgan fingerprint density at radius 2 is 2.23 bits per heavy atom. The van der Waals surface area contributed by atoms with Crippen LogP contribution in [0.1, 0.15) is 19.8 Å². The van der Waals surface area contributed by atoms with Crippen LogP contribution in [0.25, 0.3) is 0 Å². The zero-order valence-corrected chi connectivity index (χ0v) is 8.45. The van der Waals surface area contributed by atoms with Gasteiger partial charge in [-0.2, -0.15) is 0 Å². The molecule has 3 atom stereocenters. The van der Waals surface area contributed by atoms with Gasteiger partial charge in [-0.25, -0.2) is 0 Å². The topological polar surface area (TPSA) is 26.7 Å². The number of hydrogen-bond donors (Lipinski definition) is 1. The Morgan fingerprint density at radius 3 is 2.92 bits per heavy atom. The normalized spacial score (nSPS) is 39.7. The van der Waals surface area contributed by atoms with Gasteiger partial charge in [0.15, 0.2) is 0 Å². The van der Waals surface area contributed by atoms with E-state index in [0.29, 0.717) is 12.6 Å². The van der Waals surface area contributed by atoms with Crippen LogP contribution in [0.5, 0.6) is 0 Å². The molecule has 1 N–H and O–H groups in total. The third-order valence-electron chi connectivity index (χ3n) is 3.48. The molecule has 0 spiro atoms. The molecule has 0 radical (unpaired) electrons. The molecule has 2 saturated heterocycles. The lowest BCUT2D eigenvalue weighted by Gasteiger charge is -2.41. The predicted octanol–water partition coefficient (Wildman–Crippen LogP) is 0.147. The fraction of sp³-hybridized carbons (Fsp3) is 1.00. The van der Waals surface area contributed by atoms with Gasteiger partial charge in [-0.15, -0.1) is 0 Å². The number of piperazine rings is 1. The van der Waals surface area contributed by atoms with Crippen LogP contribution < -0.4 is 0 Å². The van der Waals surface area contributed by atoms with Crippen LogP contribution in [-0.2, 0) is 0 Å². The van der Waals surface area contributed by atoms with E-state index in [1.54, 1.807) is 0 Å². The molecular weight excluding hydrogens is 164 g/mol. The first kappa shape index (κ1) is 9.44. The molecule has 0 saturated carbocycles. The van der Waals surface area contributed by atoms with Crippen molar-refractivity contribution < 1.29 is 5.11 Å². The van der Waals surface area contributed by atoms with Crippen LogP contribution in [0, 0.1) is 0 Å². The second-order valence-corrected chi connectivity index (χ2v) is 4.23. The number of fused-ring (bicyclic) bond motifs is 2. The van der Waals surface area contributed by atoms with Crippen molar-refractivity contribution in [1.82, 2.24) is 9.80 Å². The maximum absolute atomic E-state index is 9.00. The zero-order chi connectivity index (χ0) is 9.26. The van der Waals surface area contributed by atoms with Crippen LogP contribution >= 0.6 is 0 Å². The lowest BCUT2D eigenvalue weighted by Crippen LogP contribution is -2.54. The summed E-state index contributed by atoms with van der Waals surface area (Å²) in [4.78, 5) is 5.08. The van der Waals surface area contributed by atoms with E-state index in [1.165, 1.54) is 32.5 Å². The van der Waals surface area contributed by atoms with E-state index < -0.39 is 0 Å². The Labute approximate surface area is 80.3 Å². The van der Waals surface area contributed by atoms with Gasteiger partial charge in [-0.3, -0.25) is 4.90 Å². The Morgan fingerprint density at radius 1 is 1.38 bits per heavy atom. The molecule has 2 rings (SSSR count). The van der Waals surface area contributed by atoms with Crippen molar-refractivity contribution >= 4 is 0 Å². The van der Waals surface area contributed by atoms with Gasteiger partial charge >= 0.3 is 0 Å². The van der Waals surface area contributed by atoms with E-state index in [1.807, 2.05) is 0 Å². The maximum Gasteiger partial charge on any atom is 0.0558 e. The first-order valence-electron chi connectivity index (χ1n) is 5.44. The molecule has 3 unspecified atom stereocenters. The van der Waals surface area contributed by atoms with E-state index in [0.717, 1.165) is 12.6 Å². The SMILES string of the molecule is CCC1CN2CCC(C2)N1CCO. The fourth-order valence-electron chi connectivity index (χ4n) is 2.79. The van der Waals surface area contributed by atoms with Crippen LogP contribution in [0.2, 0.25) is 0 Å². The highest BCUT2D eigenvalue weighted by atomic mass is 16.3. The summed E-state index contributed by atoms with van der Waals surface area (Å²) in [6.07, 6.45) is 2.52. The standard InChI is InChI=1S/C10H20N2O/c1-2-9-7-11-4-3-10(8-11)12(9)5-6-13/h9-10,13H,2-8H2,1H3. The number of β-amino-alcohol motifs (C(OH)–C–C–N with tert-alkyl or cyclic N) is 1. The van der Waals surface area contributed by atoms with E-state index in [2.05, 4.69) is 16.7 Å². The number of nitrogens with zero attached hydrogens (tertiary/aromatic N) is 2. The molecule has 0 aliphatic carbocycles. The summed E-state index contributed by atoms with van der Waals surface area (Å²) in [5.41, 5.74) is 0. The molecule has 0 aromatic rings. The van der Waals surface area contributed by atoms with Gasteiger partial charge in [-0.05, 0) is 19.4 Å². The average Bonchev–Trinajstić information content (AvgIpc) is 2.54. The van der Waals surface area contributed by atoms with E-state index in [-0.39, 0.29) is 0 Å². The summed E-state index contributed by atoms with van der Waals surface area (Å²) in [7, 11) is 0. The largest absolute Gasteiger partial charge is 0.395 e. The number of hydrogen-bond acceptors (Lipinski definition) is 3. The van der Waals surface area contributed by atoms with Gasteiger partial charge in [0.2, 0.25) is 0 Å². The monoisotopic (exact) mass is 184 g/mol. The number of aliphatic hydroxyl groups is 1. The molecular formula is C10H20N2O. The van der Waals surface area contributed by atoms with Gasteiger partial charge in [0.05, 0.1) is 6.61 Å². The summed E-state index contributed by atoms with van der Waals surface area (Å²) in [6, 6.07) is 1.42. The Balaban J connectivity index is 2.01. The molecule has 3 heteroatoms. The molecule has 2 heterocycles. The second kappa shape index (κ2) is 3.95. The van der Waals surface area contributed by atoms with Gasteiger partial charge in [0.1, 0.15) is 0 Å². The summed E-state index contributed by atoms with van der Waals surface area (Å²) < 4.78 is 0. The van der Waals surface area contributed by atoms with Crippen LogP contribution in [-0.4, -0.2) is 59.8 Å². The van der Waals surface area contributed by atoms with Crippen molar-refractivity contribution in [1.29, 1.82) is 0 Å². The summed E-state index contributed by atoms with van der Waals surface area (Å²) in [5, 5.41) is 9.00. The van der Waals surface area contributed by atoms with Crippen molar-refractivity contribution in [3.8, 4) is 0 Å². The Kier molecular flexibility index (Phi) is 2.86. The molecule has 3 nitrogen and oxygen atoms in total. The van der Waals surface area contributed by atoms with Crippen LogP contribution in [0.15, 0.2) is 0 Å². The molecule has 0 amide bonds. The predicted molar refractivity (Wildman–Crippen MR) is 52.7 cm³/mol. The van der Waals surface area contributed by atoms with Gasteiger partial charge in [-0.1, -0.05) is 6.92 Å². The summed E-state index contributed by atoms with van der Waals surface area (Å²) in [5.74, 6) is 0. The van der Waals surface area contributed by atoms with Gasteiger partial charge in [0, 0.05) is 31.7 Å². The third-order valence-corrected chi connectivity index (χ3v) is 3.48. The minimum absolute atomic E-state index is 0.312. The Hall–Kier alpha value is -0.120. The lowest BCUT2D eigenvalue weighted by atomic mass is 10.1. The second-order valence-electron chi connectivity index (χ2n) is 4.23. The molecule has 2 bridgehead atoms. The van der Waals surface area contributed by atoms with Crippen molar-refractivity contribution in [2.45, 2.75) is 31.8 Å². The molecule has 13 heavy (non-hydrogen) atoms. The summed E-state index contributed by atoms with van der Waals surface area (Å²) in [6.45, 7) is 7.15. The third kappa shape index (κ3) is 1.73. The first-order chi connectivity index (χ1) is 6.35. The zero-order valence-electron chi connectivity index (χ0n) is 8.45. The van der Waals surface area contributed by atoms with Crippen molar-refractivity contribution in [2.75, 3.05) is 32.8 Å². The van der Waals surface area contributed by atoms with Crippen LogP contribution in [0.4, 0.5) is 0 Å². The quantitative estimate of drug-likeness (QED) is 0.676. The minimum Gasteiger partial charge on any atom is -0.395 e. The number of aliphatic hydroxyl groups excluding tert-OH is 1. The van der Waals surface area contributed by atoms with Gasteiger partial charge < -0.3 is 10.0 Å². The number of rotatable bonds is 3. The molecule has 2 aliphatic heterocycles. The van der Waals surface area contributed by atoms with Crippen molar-refractivity contribution in [3.05, 3.63) is 0 Å². The summed E-state index contributed by atoms with van der Waals surface area (Å²) >= 11 is 0. The highest BCUT2D eigenvalue weighted by Gasteiger charge is 2.37. The van der Waals surface area contributed by atoms with E-state index in [9.17, 15) is 0 Å². The average molecular weight is 184 g/mol. The highest BCUT2D eigenvalue weighted by Crippen LogP contribution is 2.25. The molecule has 0 aromatic carbocycles. The van der Waals surface area contributed by atoms with E-state index in [4.69, 9.17) is 5.11 Å². The van der Waals surface area contributed by atoms with Gasteiger partial charge in [0.25, 0.3) is 0 Å². The molecule has 2 aliphatic rings. The highest BCUT2D eigenvalue weighted by molar-refractivity contribution is 4.93. The lowest BCUT2D eigenvalue weighted by molar-refractivity contribution is 0.0540. The Bertz CT molecular complexity index is 174. The molecule has 2 fully saturated rings. The van der Waals surface area contributed by atoms with Crippen molar-refractivity contribution in [3.63, 3.8) is 0 Å². The fourth-order valence-corrected chi connectivity index (χ4v) is 2.79. The maximum atomic E-state index is 9.00. The molecule has 0 aromatic heterocycles. The van der Waals surface area contributed by atoms with Crippen molar-refractivity contribution in [2.24, 2.45) is 0 Å².